The molecule has 2 aromatic rings. The second kappa shape index (κ2) is 11.5. The van der Waals surface area contributed by atoms with Crippen molar-refractivity contribution in [3.8, 4) is 11.4 Å². The van der Waals surface area contributed by atoms with Crippen molar-refractivity contribution in [3.63, 3.8) is 0 Å². The fraction of sp³-hybridized carbons (Fsp3) is 0.500. The average Bonchev–Trinajstić information content (AvgIpc) is 2.78. The quantitative estimate of drug-likeness (QED) is 0.600. The lowest BCUT2D eigenvalue weighted by molar-refractivity contribution is 0.0383. The van der Waals surface area contributed by atoms with Crippen LogP contribution in [-0.4, -0.2) is 66.7 Å². The summed E-state index contributed by atoms with van der Waals surface area (Å²) in [5, 5.41) is 6.33. The number of anilines is 1. The van der Waals surface area contributed by atoms with Gasteiger partial charge in [-0.2, -0.15) is 0 Å². The van der Waals surface area contributed by atoms with Crippen molar-refractivity contribution in [3.05, 3.63) is 42.1 Å². The molecular formula is C22H31N5O2. The first-order chi connectivity index (χ1) is 14.3. The summed E-state index contributed by atoms with van der Waals surface area (Å²) in [5.41, 5.74) is 1.28. The average molecular weight is 398 g/mol. The van der Waals surface area contributed by atoms with Crippen LogP contribution in [0.1, 0.15) is 36.7 Å². The fourth-order valence-corrected chi connectivity index (χ4v) is 3.20. The van der Waals surface area contributed by atoms with Gasteiger partial charge in [-0.25, -0.2) is 9.97 Å². The maximum absolute atomic E-state index is 12.7. The number of hydrogen-bond donors (Lipinski definition) is 2. The summed E-state index contributed by atoms with van der Waals surface area (Å²) < 4.78 is 5.36. The first kappa shape index (κ1) is 21.2. The molecule has 0 atom stereocenters. The van der Waals surface area contributed by atoms with E-state index in [-0.39, 0.29) is 5.91 Å². The second-order valence-corrected chi connectivity index (χ2v) is 7.17. The summed E-state index contributed by atoms with van der Waals surface area (Å²) in [4.78, 5) is 24.1. The molecule has 0 unspecified atom stereocenters. The number of nitrogens with one attached hydrogen (secondary N) is 2. The van der Waals surface area contributed by atoms with Crippen molar-refractivity contribution in [1.82, 2.24) is 20.2 Å². The molecule has 7 nitrogen and oxygen atoms in total. The van der Waals surface area contributed by atoms with Crippen LogP contribution in [0.15, 0.2) is 36.4 Å². The Hall–Kier alpha value is -2.51. The van der Waals surface area contributed by atoms with Gasteiger partial charge in [0, 0.05) is 44.4 Å². The van der Waals surface area contributed by atoms with Crippen molar-refractivity contribution in [2.24, 2.45) is 0 Å². The predicted molar refractivity (Wildman–Crippen MR) is 115 cm³/mol. The molecule has 0 spiro atoms. The number of aromatic nitrogens is 2. The van der Waals surface area contributed by atoms with E-state index in [1.165, 1.54) is 6.42 Å². The number of hydrogen-bond acceptors (Lipinski definition) is 6. The Kier molecular flexibility index (Phi) is 8.40. The molecule has 156 valence electrons. The zero-order valence-corrected chi connectivity index (χ0v) is 17.2. The molecule has 7 heteroatoms. The van der Waals surface area contributed by atoms with Gasteiger partial charge in [-0.05, 0) is 6.42 Å². The van der Waals surface area contributed by atoms with Gasteiger partial charge in [-0.3, -0.25) is 9.69 Å². The Balaban J connectivity index is 1.67. The molecule has 1 amide bonds. The molecule has 0 aliphatic carbocycles. The molecule has 1 aliphatic heterocycles. The standard InChI is InChI=1S/C22H31N5O2/c1-2-3-7-10-23-20-17-19(25-21(26-20)18-8-5-4-6-9-18)22(28)24-11-12-27-13-15-29-16-14-27/h4-6,8-9,17H,2-3,7,10-16H2,1H3,(H,24,28)(H,23,25,26). The number of nitrogens with zero attached hydrogens (tertiary/aromatic N) is 3. The van der Waals surface area contributed by atoms with Gasteiger partial charge in [0.1, 0.15) is 11.5 Å². The number of carbonyl (C=O) groups is 1. The molecule has 1 aliphatic rings. The summed E-state index contributed by atoms with van der Waals surface area (Å²) in [6.45, 7) is 7.74. The Bertz CT molecular complexity index is 763. The Morgan fingerprint density at radius 3 is 2.66 bits per heavy atom. The van der Waals surface area contributed by atoms with Crippen LogP contribution in [0.3, 0.4) is 0 Å². The normalized spacial score (nSPS) is 14.5. The molecule has 3 rings (SSSR count). The highest BCUT2D eigenvalue weighted by Crippen LogP contribution is 2.18. The number of ether oxygens (including phenoxy) is 1. The Labute approximate surface area is 172 Å². The molecule has 0 bridgehead atoms. The molecule has 1 saturated heterocycles. The summed E-state index contributed by atoms with van der Waals surface area (Å²) in [5.74, 6) is 1.08. The van der Waals surface area contributed by atoms with Crippen LogP contribution in [0, 0.1) is 0 Å². The minimum Gasteiger partial charge on any atom is -0.379 e. The highest BCUT2D eigenvalue weighted by atomic mass is 16.5. The molecular weight excluding hydrogens is 366 g/mol. The largest absolute Gasteiger partial charge is 0.379 e. The zero-order valence-electron chi connectivity index (χ0n) is 17.2. The first-order valence-corrected chi connectivity index (χ1v) is 10.5. The van der Waals surface area contributed by atoms with Gasteiger partial charge >= 0.3 is 0 Å². The van der Waals surface area contributed by atoms with E-state index in [4.69, 9.17) is 4.74 Å². The lowest BCUT2D eigenvalue weighted by Gasteiger charge is -2.26. The predicted octanol–water partition coefficient (Wildman–Crippen LogP) is 2.81. The number of carbonyl (C=O) groups excluding carboxylic acids is 1. The van der Waals surface area contributed by atoms with E-state index in [2.05, 4.69) is 32.4 Å². The van der Waals surface area contributed by atoms with Crippen molar-refractivity contribution in [2.75, 3.05) is 51.3 Å². The summed E-state index contributed by atoms with van der Waals surface area (Å²) in [6, 6.07) is 11.5. The van der Waals surface area contributed by atoms with Gasteiger partial charge in [0.05, 0.1) is 13.2 Å². The SMILES string of the molecule is CCCCCNc1cc(C(=O)NCCN2CCOCC2)nc(-c2ccccc2)n1. The first-order valence-electron chi connectivity index (χ1n) is 10.5. The van der Waals surface area contributed by atoms with Crippen LogP contribution in [-0.2, 0) is 4.74 Å². The van der Waals surface area contributed by atoms with Crippen LogP contribution in [0.5, 0.6) is 0 Å². The zero-order chi connectivity index (χ0) is 20.3. The number of morpholine rings is 1. The number of amides is 1. The third-order valence-electron chi connectivity index (χ3n) is 4.89. The molecule has 29 heavy (non-hydrogen) atoms. The van der Waals surface area contributed by atoms with Gasteiger partial charge in [0.2, 0.25) is 0 Å². The molecule has 2 heterocycles. The summed E-state index contributed by atoms with van der Waals surface area (Å²) >= 11 is 0. The van der Waals surface area contributed by atoms with Crippen molar-refractivity contribution in [1.29, 1.82) is 0 Å². The highest BCUT2D eigenvalue weighted by molar-refractivity contribution is 5.93. The van der Waals surface area contributed by atoms with E-state index in [0.29, 0.717) is 23.9 Å². The van der Waals surface area contributed by atoms with Crippen LogP contribution in [0.4, 0.5) is 5.82 Å². The van der Waals surface area contributed by atoms with E-state index < -0.39 is 0 Å². The minimum absolute atomic E-state index is 0.172. The third-order valence-corrected chi connectivity index (χ3v) is 4.89. The van der Waals surface area contributed by atoms with Gasteiger partial charge in [-0.15, -0.1) is 0 Å². The lowest BCUT2D eigenvalue weighted by atomic mass is 10.2. The minimum atomic E-state index is -0.172. The number of rotatable bonds is 10. The second-order valence-electron chi connectivity index (χ2n) is 7.17. The van der Waals surface area contributed by atoms with E-state index in [0.717, 1.165) is 57.8 Å². The van der Waals surface area contributed by atoms with Crippen LogP contribution in [0.2, 0.25) is 0 Å². The molecule has 1 fully saturated rings. The van der Waals surface area contributed by atoms with Gasteiger partial charge in [0.15, 0.2) is 5.82 Å². The summed E-state index contributed by atoms with van der Waals surface area (Å²) in [6.07, 6.45) is 3.40. The topological polar surface area (TPSA) is 79.4 Å². The molecule has 1 aromatic heterocycles. The maximum atomic E-state index is 12.7. The van der Waals surface area contributed by atoms with E-state index in [1.54, 1.807) is 6.07 Å². The van der Waals surface area contributed by atoms with E-state index in [1.807, 2.05) is 30.3 Å². The van der Waals surface area contributed by atoms with Crippen molar-refractivity contribution in [2.45, 2.75) is 26.2 Å². The third kappa shape index (κ3) is 6.80. The molecule has 1 aromatic carbocycles. The monoisotopic (exact) mass is 397 g/mol. The van der Waals surface area contributed by atoms with Crippen LogP contribution in [0.25, 0.3) is 11.4 Å². The van der Waals surface area contributed by atoms with Gasteiger partial charge in [0.25, 0.3) is 5.91 Å². The Morgan fingerprint density at radius 1 is 1.10 bits per heavy atom. The van der Waals surface area contributed by atoms with E-state index >= 15 is 0 Å². The summed E-state index contributed by atoms with van der Waals surface area (Å²) in [7, 11) is 0. The van der Waals surface area contributed by atoms with Gasteiger partial charge in [-0.1, -0.05) is 50.1 Å². The van der Waals surface area contributed by atoms with Gasteiger partial charge < -0.3 is 15.4 Å². The Morgan fingerprint density at radius 2 is 1.90 bits per heavy atom. The highest BCUT2D eigenvalue weighted by Gasteiger charge is 2.14. The molecule has 2 N–H and O–H groups in total. The number of benzene rings is 1. The molecule has 0 radical (unpaired) electrons. The maximum Gasteiger partial charge on any atom is 0.270 e. The van der Waals surface area contributed by atoms with E-state index in [9.17, 15) is 4.79 Å². The van der Waals surface area contributed by atoms with Crippen molar-refractivity contribution >= 4 is 11.7 Å². The fourth-order valence-electron chi connectivity index (χ4n) is 3.20. The lowest BCUT2D eigenvalue weighted by Crippen LogP contribution is -2.41. The molecule has 0 saturated carbocycles. The van der Waals surface area contributed by atoms with Crippen LogP contribution < -0.4 is 10.6 Å². The van der Waals surface area contributed by atoms with Crippen LogP contribution >= 0.6 is 0 Å². The van der Waals surface area contributed by atoms with Crippen molar-refractivity contribution < 1.29 is 9.53 Å². The smallest absolute Gasteiger partial charge is 0.270 e. The number of unbranched alkanes of at least 4 members (excludes halogenated alkanes) is 2.